The summed E-state index contributed by atoms with van der Waals surface area (Å²) in [6.45, 7) is 14.7. The fraction of sp³-hybridized carbons (Fsp3) is 0.308. The van der Waals surface area contributed by atoms with Crippen molar-refractivity contribution in [3.05, 3.63) is 66.8 Å². The Morgan fingerprint density at radius 1 is 1.09 bits per heavy atom. The van der Waals surface area contributed by atoms with Crippen LogP contribution >= 0.6 is 0 Å². The highest BCUT2D eigenvalue weighted by molar-refractivity contribution is 5.80. The van der Waals surface area contributed by atoms with Crippen molar-refractivity contribution in [2.24, 2.45) is 0 Å². The normalized spacial score (nSPS) is 14.1. The topological polar surface area (TPSA) is 81.0 Å². The lowest BCUT2D eigenvalue weighted by Crippen LogP contribution is -2.37. The molecule has 0 spiro atoms. The number of morpholine rings is 1. The van der Waals surface area contributed by atoms with Crippen molar-refractivity contribution in [3.63, 3.8) is 0 Å². The second-order valence-corrected chi connectivity index (χ2v) is 8.22. The lowest BCUT2D eigenvalue weighted by Gasteiger charge is -2.27. The van der Waals surface area contributed by atoms with E-state index >= 15 is 0 Å². The van der Waals surface area contributed by atoms with Gasteiger partial charge in [-0.3, -0.25) is 4.57 Å². The van der Waals surface area contributed by atoms with E-state index < -0.39 is 0 Å². The van der Waals surface area contributed by atoms with Crippen LogP contribution in [-0.2, 0) is 4.74 Å². The number of aromatic nitrogens is 5. The first kappa shape index (κ1) is 23.4. The van der Waals surface area contributed by atoms with Gasteiger partial charge in [0, 0.05) is 50.5 Å². The lowest BCUT2D eigenvalue weighted by molar-refractivity contribution is 0.122. The van der Waals surface area contributed by atoms with Gasteiger partial charge in [0.05, 0.1) is 18.9 Å². The van der Waals surface area contributed by atoms with Gasteiger partial charge in [0.2, 0.25) is 11.9 Å². The highest BCUT2D eigenvalue weighted by Crippen LogP contribution is 2.30. The number of anilines is 2. The largest absolute Gasteiger partial charge is 0.388 e. The Hall–Kier alpha value is -3.78. The summed E-state index contributed by atoms with van der Waals surface area (Å²) < 4.78 is 7.50. The van der Waals surface area contributed by atoms with E-state index in [4.69, 9.17) is 24.7 Å². The number of allylic oxidation sites excluding steroid dienone is 2. The fourth-order valence-electron chi connectivity index (χ4n) is 3.91. The molecule has 0 saturated carbocycles. The molecule has 0 aliphatic carbocycles. The van der Waals surface area contributed by atoms with Gasteiger partial charge in [-0.1, -0.05) is 57.4 Å². The summed E-state index contributed by atoms with van der Waals surface area (Å²) in [6.07, 6.45) is 9.31. The maximum atomic E-state index is 5.54. The molecule has 3 aromatic rings. The number of benzene rings is 1. The number of hydrogen-bond acceptors (Lipinski definition) is 7. The Balaban J connectivity index is 0.00000342. The fourth-order valence-corrected chi connectivity index (χ4v) is 3.91. The Bertz CT molecular complexity index is 1210. The van der Waals surface area contributed by atoms with Crippen LogP contribution in [0, 0.1) is 0 Å². The first-order valence-electron chi connectivity index (χ1n) is 11.5. The van der Waals surface area contributed by atoms with Crippen molar-refractivity contribution in [2.75, 3.05) is 43.6 Å². The van der Waals surface area contributed by atoms with Crippen LogP contribution in [0.2, 0.25) is 0 Å². The number of ether oxygens (including phenoxy) is 1. The van der Waals surface area contributed by atoms with Gasteiger partial charge < -0.3 is 15.0 Å². The van der Waals surface area contributed by atoms with E-state index in [0.29, 0.717) is 30.9 Å². The monoisotopic (exact) mass is 459 g/mol. The summed E-state index contributed by atoms with van der Waals surface area (Å²) in [7, 11) is 1.89. The Morgan fingerprint density at radius 3 is 2.53 bits per heavy atom. The Kier molecular flexibility index (Phi) is 7.18. The van der Waals surface area contributed by atoms with Crippen molar-refractivity contribution in [1.82, 2.24) is 24.5 Å². The van der Waals surface area contributed by atoms with Crippen molar-refractivity contribution in [3.8, 4) is 17.3 Å². The first-order chi connectivity index (χ1) is 16.5. The molecular weight excluding hydrogens is 426 g/mol. The molecule has 178 valence electrons. The number of nitrogens with one attached hydrogen (secondary N) is 1. The van der Waals surface area contributed by atoms with Gasteiger partial charge in [0.15, 0.2) is 5.82 Å². The van der Waals surface area contributed by atoms with Crippen LogP contribution in [0.1, 0.15) is 38.3 Å². The third-order valence-corrected chi connectivity index (χ3v) is 5.61. The maximum Gasteiger partial charge on any atom is 0.240 e. The van der Waals surface area contributed by atoms with Crippen LogP contribution < -0.4 is 10.2 Å². The summed E-state index contributed by atoms with van der Waals surface area (Å²) in [5, 5.41) is 3.23. The Morgan fingerprint density at radius 2 is 1.85 bits per heavy atom. The molecule has 1 aromatic carbocycles. The first-order valence-corrected chi connectivity index (χ1v) is 11.5. The van der Waals surface area contributed by atoms with E-state index in [1.165, 1.54) is 0 Å². The molecule has 1 fully saturated rings. The molecule has 8 heteroatoms. The third-order valence-electron chi connectivity index (χ3n) is 5.61. The third kappa shape index (κ3) is 4.77. The van der Waals surface area contributed by atoms with Gasteiger partial charge >= 0.3 is 0 Å². The molecule has 0 unspecified atom stereocenters. The summed E-state index contributed by atoms with van der Waals surface area (Å²) in [4.78, 5) is 21.6. The molecule has 1 N–H and O–H groups in total. The second-order valence-electron chi connectivity index (χ2n) is 8.22. The van der Waals surface area contributed by atoms with Crippen molar-refractivity contribution in [1.29, 1.82) is 0 Å². The van der Waals surface area contributed by atoms with E-state index in [1.54, 1.807) is 6.08 Å². The van der Waals surface area contributed by atoms with Crippen molar-refractivity contribution >= 4 is 23.8 Å². The van der Waals surface area contributed by atoms with Gasteiger partial charge in [-0.05, 0) is 12.1 Å². The predicted molar refractivity (Wildman–Crippen MR) is 140 cm³/mol. The highest BCUT2D eigenvalue weighted by atomic mass is 16.5. The van der Waals surface area contributed by atoms with E-state index in [0.717, 1.165) is 41.4 Å². The molecule has 0 radical (unpaired) electrons. The molecule has 0 bridgehead atoms. The highest BCUT2D eigenvalue weighted by Gasteiger charge is 2.21. The van der Waals surface area contributed by atoms with Crippen LogP contribution in [0.5, 0.6) is 0 Å². The summed E-state index contributed by atoms with van der Waals surface area (Å²) in [5.41, 5.74) is 3.62. The molecule has 8 nitrogen and oxygen atoms in total. The van der Waals surface area contributed by atoms with Gasteiger partial charge in [-0.15, -0.1) is 0 Å². The van der Waals surface area contributed by atoms with E-state index in [-0.39, 0.29) is 7.34 Å². The molecule has 3 heterocycles. The van der Waals surface area contributed by atoms with Gasteiger partial charge in [0.25, 0.3) is 0 Å². The standard InChI is InChI=1S/C26H31N7O.H2/c1-6-8-10-19-17-33(24(28-19)18(3)4)26-30-23(21-11-9-12-22(27-5)20(21)7-2)29-25(31-26)32-13-15-34-16-14-32;/h6-12,17-18,27H,1-2,13-16H2,3-5H3;1H/b10-8-;. The predicted octanol–water partition coefficient (Wildman–Crippen LogP) is 4.81. The van der Waals surface area contributed by atoms with Crippen LogP contribution in [-0.4, -0.2) is 57.9 Å². The number of imidazole rings is 1. The zero-order valence-corrected chi connectivity index (χ0v) is 20.0. The smallest absolute Gasteiger partial charge is 0.240 e. The molecule has 1 saturated heterocycles. The van der Waals surface area contributed by atoms with E-state index in [9.17, 15) is 0 Å². The average molecular weight is 460 g/mol. The zero-order chi connectivity index (χ0) is 24.1. The quantitative estimate of drug-likeness (QED) is 0.484. The average Bonchev–Trinajstić information content (AvgIpc) is 3.32. The molecule has 34 heavy (non-hydrogen) atoms. The van der Waals surface area contributed by atoms with Crippen LogP contribution in [0.4, 0.5) is 11.6 Å². The molecule has 4 rings (SSSR count). The summed E-state index contributed by atoms with van der Waals surface area (Å²) in [5.74, 6) is 2.80. The Labute approximate surface area is 202 Å². The molecule has 0 amide bonds. The number of nitrogens with zero attached hydrogens (tertiary/aromatic N) is 6. The summed E-state index contributed by atoms with van der Waals surface area (Å²) in [6, 6.07) is 6.01. The maximum absolute atomic E-state index is 5.54. The minimum absolute atomic E-state index is 0. The van der Waals surface area contributed by atoms with Gasteiger partial charge in [-0.25, -0.2) is 4.98 Å². The lowest BCUT2D eigenvalue weighted by atomic mass is 10.0. The van der Waals surface area contributed by atoms with Crippen LogP contribution in [0.15, 0.2) is 49.7 Å². The van der Waals surface area contributed by atoms with Gasteiger partial charge in [-0.2, -0.15) is 15.0 Å². The van der Waals surface area contributed by atoms with Gasteiger partial charge in [0.1, 0.15) is 5.82 Å². The van der Waals surface area contributed by atoms with Crippen LogP contribution in [0.25, 0.3) is 29.5 Å². The van der Waals surface area contributed by atoms with E-state index in [1.807, 2.05) is 54.2 Å². The second kappa shape index (κ2) is 10.4. The zero-order valence-electron chi connectivity index (χ0n) is 20.0. The molecule has 1 aliphatic rings. The van der Waals surface area contributed by atoms with Crippen molar-refractivity contribution in [2.45, 2.75) is 19.8 Å². The molecule has 1 aliphatic heterocycles. The summed E-state index contributed by atoms with van der Waals surface area (Å²) >= 11 is 0. The molecular formula is C26H33N7O. The number of rotatable bonds is 8. The van der Waals surface area contributed by atoms with Crippen LogP contribution in [0.3, 0.4) is 0 Å². The molecule has 0 atom stereocenters. The van der Waals surface area contributed by atoms with Crippen molar-refractivity contribution < 1.29 is 6.16 Å². The number of hydrogen-bond donors (Lipinski definition) is 1. The minimum atomic E-state index is 0. The van der Waals surface area contributed by atoms with E-state index in [2.05, 4.69) is 37.2 Å². The SMILES string of the molecule is C=C/C=C\c1cn(-c2nc(-c3cccc(NC)c3C=C)nc(N3CCOCC3)n2)c(C(C)C)n1.[HH]. The minimum Gasteiger partial charge on any atom is -0.388 e. The molecule has 2 aromatic heterocycles.